The molecule has 0 spiro atoms. The Balaban J connectivity index is 1.94. The van der Waals surface area contributed by atoms with Crippen molar-refractivity contribution in [3.8, 4) is 17.2 Å². The largest absolute Gasteiger partial charge is 0.490 e. The van der Waals surface area contributed by atoms with Gasteiger partial charge in [-0.15, -0.1) is 0 Å². The molecule has 0 aromatic heterocycles. The quantitative estimate of drug-likeness (QED) is 0.575. The van der Waals surface area contributed by atoms with E-state index in [1.807, 2.05) is 39.0 Å². The van der Waals surface area contributed by atoms with Crippen molar-refractivity contribution >= 4 is 28.9 Å². The monoisotopic (exact) mass is 432 g/mol. The minimum absolute atomic E-state index is 0.261. The van der Waals surface area contributed by atoms with Crippen molar-refractivity contribution in [3.05, 3.63) is 40.9 Å². The smallest absolute Gasteiger partial charge is 0.255 e. The number of benzene rings is 2. The number of halogens is 1. The molecule has 1 saturated heterocycles. The lowest BCUT2D eigenvalue weighted by atomic mass is 10.1. The zero-order valence-electron chi connectivity index (χ0n) is 17.8. The van der Waals surface area contributed by atoms with Gasteiger partial charge in [0.15, 0.2) is 11.5 Å². The van der Waals surface area contributed by atoms with Gasteiger partial charge in [-0.25, -0.2) is 0 Å². The van der Waals surface area contributed by atoms with Gasteiger partial charge in [0.25, 0.3) is 5.91 Å². The van der Waals surface area contributed by atoms with Crippen LogP contribution < -0.4 is 24.4 Å². The number of ether oxygens (including phenoxy) is 3. The van der Waals surface area contributed by atoms with E-state index in [4.69, 9.17) is 25.8 Å². The first-order valence-electron chi connectivity index (χ1n) is 10.5. The van der Waals surface area contributed by atoms with E-state index in [1.165, 1.54) is 0 Å². The molecule has 0 unspecified atom stereocenters. The maximum Gasteiger partial charge on any atom is 0.255 e. The number of para-hydroxylation sites is 1. The molecule has 1 aliphatic rings. The summed E-state index contributed by atoms with van der Waals surface area (Å²) in [6, 6.07) is 8.94. The minimum Gasteiger partial charge on any atom is -0.490 e. The summed E-state index contributed by atoms with van der Waals surface area (Å²) in [6.07, 6.45) is 2.24. The van der Waals surface area contributed by atoms with Gasteiger partial charge in [0.1, 0.15) is 0 Å². The maximum atomic E-state index is 13.1. The Morgan fingerprint density at radius 1 is 1.00 bits per heavy atom. The highest BCUT2D eigenvalue weighted by atomic mass is 35.5. The van der Waals surface area contributed by atoms with Crippen LogP contribution in [0.4, 0.5) is 11.4 Å². The molecule has 162 valence electrons. The van der Waals surface area contributed by atoms with Crippen LogP contribution in [0.5, 0.6) is 17.2 Å². The molecule has 0 aliphatic carbocycles. The lowest BCUT2D eigenvalue weighted by molar-refractivity contribution is 0.102. The number of nitrogens with one attached hydrogen (secondary N) is 1. The van der Waals surface area contributed by atoms with E-state index >= 15 is 0 Å². The Morgan fingerprint density at radius 3 is 2.17 bits per heavy atom. The molecule has 0 radical (unpaired) electrons. The number of carbonyl (C=O) groups is 1. The normalized spacial score (nSPS) is 13.3. The summed E-state index contributed by atoms with van der Waals surface area (Å²) in [5, 5.41) is 3.65. The number of amides is 1. The minimum atomic E-state index is -0.261. The fourth-order valence-corrected chi connectivity index (χ4v) is 3.89. The third-order valence-electron chi connectivity index (χ3n) is 4.83. The molecule has 1 fully saturated rings. The molecule has 0 saturated carbocycles. The molecule has 0 bridgehead atoms. The Labute approximate surface area is 183 Å². The van der Waals surface area contributed by atoms with Crippen molar-refractivity contribution in [1.29, 1.82) is 0 Å². The highest BCUT2D eigenvalue weighted by Crippen LogP contribution is 2.40. The molecule has 2 aromatic carbocycles. The van der Waals surface area contributed by atoms with Crippen molar-refractivity contribution < 1.29 is 19.0 Å². The summed E-state index contributed by atoms with van der Waals surface area (Å²) < 4.78 is 17.2. The standard InChI is InChI=1S/C23H29ClN2O4/c1-4-28-19-14-16(15-20(29-5-2)22(19)30-6-3)23(27)25-18-11-9-10-17(24)21(18)26-12-7-8-13-26/h9-11,14-15H,4-8,12-13H2,1-3H3,(H,25,27). The van der Waals surface area contributed by atoms with Gasteiger partial charge in [-0.1, -0.05) is 17.7 Å². The van der Waals surface area contributed by atoms with Crippen molar-refractivity contribution in [2.75, 3.05) is 43.1 Å². The van der Waals surface area contributed by atoms with Crippen molar-refractivity contribution in [3.63, 3.8) is 0 Å². The summed E-state index contributed by atoms with van der Waals surface area (Å²) >= 11 is 6.48. The van der Waals surface area contributed by atoms with Crippen LogP contribution in [0.1, 0.15) is 44.0 Å². The molecule has 1 aliphatic heterocycles. The van der Waals surface area contributed by atoms with Crippen LogP contribution in [-0.2, 0) is 0 Å². The van der Waals surface area contributed by atoms with E-state index < -0.39 is 0 Å². The SMILES string of the molecule is CCOc1cc(C(=O)Nc2cccc(Cl)c2N2CCCC2)cc(OCC)c1OCC. The van der Waals surface area contributed by atoms with Crippen LogP contribution in [0, 0.1) is 0 Å². The Hall–Kier alpha value is -2.60. The molecule has 1 N–H and O–H groups in total. The predicted octanol–water partition coefficient (Wildman–Crippen LogP) is 5.39. The summed E-state index contributed by atoms with van der Waals surface area (Å²) in [5.41, 5.74) is 1.99. The molecular formula is C23H29ClN2O4. The molecule has 1 amide bonds. The van der Waals surface area contributed by atoms with Crippen molar-refractivity contribution in [1.82, 2.24) is 0 Å². The number of nitrogens with zero attached hydrogens (tertiary/aromatic N) is 1. The average Bonchev–Trinajstić information content (AvgIpc) is 3.25. The Bertz CT molecular complexity index is 854. The Morgan fingerprint density at radius 2 is 1.60 bits per heavy atom. The van der Waals surface area contributed by atoms with Gasteiger partial charge in [-0.2, -0.15) is 0 Å². The van der Waals surface area contributed by atoms with E-state index in [-0.39, 0.29) is 5.91 Å². The molecule has 7 heteroatoms. The van der Waals surface area contributed by atoms with Gasteiger partial charge in [0.2, 0.25) is 5.75 Å². The van der Waals surface area contributed by atoms with Gasteiger partial charge in [-0.05, 0) is 57.9 Å². The first-order chi connectivity index (χ1) is 14.6. The van der Waals surface area contributed by atoms with Crippen LogP contribution >= 0.6 is 11.6 Å². The molecule has 2 aromatic rings. The van der Waals surface area contributed by atoms with Gasteiger partial charge in [0, 0.05) is 18.7 Å². The molecular weight excluding hydrogens is 404 g/mol. The van der Waals surface area contributed by atoms with Gasteiger partial charge >= 0.3 is 0 Å². The lowest BCUT2D eigenvalue weighted by Crippen LogP contribution is -2.21. The van der Waals surface area contributed by atoms with Crippen LogP contribution in [-0.4, -0.2) is 38.8 Å². The highest BCUT2D eigenvalue weighted by Gasteiger charge is 2.22. The molecule has 0 atom stereocenters. The summed E-state index contributed by atoms with van der Waals surface area (Å²) in [4.78, 5) is 15.4. The molecule has 30 heavy (non-hydrogen) atoms. The fourth-order valence-electron chi connectivity index (χ4n) is 3.59. The number of hydrogen-bond donors (Lipinski definition) is 1. The van der Waals surface area contributed by atoms with E-state index in [2.05, 4.69) is 10.2 Å². The zero-order valence-corrected chi connectivity index (χ0v) is 18.6. The number of hydrogen-bond acceptors (Lipinski definition) is 5. The molecule has 3 rings (SSSR count). The first-order valence-corrected chi connectivity index (χ1v) is 10.9. The summed E-state index contributed by atoms with van der Waals surface area (Å²) in [6.45, 7) is 8.89. The van der Waals surface area contributed by atoms with Crippen molar-refractivity contribution in [2.24, 2.45) is 0 Å². The van der Waals surface area contributed by atoms with Gasteiger partial charge in [0.05, 0.1) is 36.2 Å². The second-order valence-electron chi connectivity index (χ2n) is 6.88. The zero-order chi connectivity index (χ0) is 21.5. The fraction of sp³-hybridized carbons (Fsp3) is 0.435. The lowest BCUT2D eigenvalue weighted by Gasteiger charge is -2.23. The average molecular weight is 433 g/mol. The first kappa shape index (κ1) is 22.1. The van der Waals surface area contributed by atoms with E-state index in [9.17, 15) is 4.79 Å². The molecule has 6 nitrogen and oxygen atoms in total. The number of carbonyl (C=O) groups excluding carboxylic acids is 1. The topological polar surface area (TPSA) is 60.0 Å². The van der Waals surface area contributed by atoms with Crippen molar-refractivity contribution in [2.45, 2.75) is 33.6 Å². The van der Waals surface area contributed by atoms with E-state index in [1.54, 1.807) is 12.1 Å². The second kappa shape index (κ2) is 10.4. The third kappa shape index (κ3) is 4.93. The van der Waals surface area contributed by atoms with Gasteiger partial charge in [-0.3, -0.25) is 4.79 Å². The summed E-state index contributed by atoms with van der Waals surface area (Å²) in [5.74, 6) is 1.23. The van der Waals surface area contributed by atoms with Crippen LogP contribution in [0.25, 0.3) is 0 Å². The van der Waals surface area contributed by atoms with Gasteiger partial charge < -0.3 is 24.4 Å². The summed E-state index contributed by atoms with van der Waals surface area (Å²) in [7, 11) is 0. The van der Waals surface area contributed by atoms with E-state index in [0.717, 1.165) is 31.6 Å². The van der Waals surface area contributed by atoms with E-state index in [0.29, 0.717) is 53.3 Å². The maximum absolute atomic E-state index is 13.1. The van der Waals surface area contributed by atoms with Crippen LogP contribution in [0.2, 0.25) is 5.02 Å². The van der Waals surface area contributed by atoms with Crippen LogP contribution in [0.15, 0.2) is 30.3 Å². The second-order valence-corrected chi connectivity index (χ2v) is 7.29. The third-order valence-corrected chi connectivity index (χ3v) is 5.13. The number of rotatable bonds is 9. The highest BCUT2D eigenvalue weighted by molar-refractivity contribution is 6.34. The predicted molar refractivity (Wildman–Crippen MR) is 121 cm³/mol. The Kier molecular flexibility index (Phi) is 7.69. The van der Waals surface area contributed by atoms with Crippen LogP contribution in [0.3, 0.4) is 0 Å². The molecule has 1 heterocycles. The number of anilines is 2.